The van der Waals surface area contributed by atoms with Crippen molar-refractivity contribution in [2.75, 3.05) is 11.9 Å². The molecular formula is C16H13BrF4N2S. The van der Waals surface area contributed by atoms with E-state index in [1.807, 2.05) is 0 Å². The topological polar surface area (TPSA) is 24.1 Å². The Hall–Kier alpha value is -1.67. The van der Waals surface area contributed by atoms with Gasteiger partial charge in [-0.1, -0.05) is 18.2 Å². The van der Waals surface area contributed by atoms with Gasteiger partial charge in [0.15, 0.2) is 5.11 Å². The normalized spacial score (nSPS) is 11.2. The van der Waals surface area contributed by atoms with Crippen molar-refractivity contribution in [3.63, 3.8) is 0 Å². The largest absolute Gasteiger partial charge is 0.416 e. The molecule has 0 atom stereocenters. The van der Waals surface area contributed by atoms with Gasteiger partial charge in [0.1, 0.15) is 5.82 Å². The van der Waals surface area contributed by atoms with Gasteiger partial charge in [0, 0.05) is 11.0 Å². The Morgan fingerprint density at radius 1 is 1.12 bits per heavy atom. The molecule has 0 amide bonds. The highest BCUT2D eigenvalue weighted by molar-refractivity contribution is 9.10. The van der Waals surface area contributed by atoms with Crippen molar-refractivity contribution in [2.45, 2.75) is 12.6 Å². The van der Waals surface area contributed by atoms with Crippen LogP contribution in [0, 0.1) is 5.82 Å². The summed E-state index contributed by atoms with van der Waals surface area (Å²) in [6.07, 6.45) is -3.97. The minimum atomic E-state index is -4.35. The molecule has 24 heavy (non-hydrogen) atoms. The van der Waals surface area contributed by atoms with Gasteiger partial charge in [-0.25, -0.2) is 4.39 Å². The Labute approximate surface area is 150 Å². The number of nitrogens with one attached hydrogen (secondary N) is 2. The van der Waals surface area contributed by atoms with Crippen LogP contribution in [0.3, 0.4) is 0 Å². The summed E-state index contributed by atoms with van der Waals surface area (Å²) in [5.41, 5.74) is 0.479. The summed E-state index contributed by atoms with van der Waals surface area (Å²) in [4.78, 5) is 0. The van der Waals surface area contributed by atoms with Crippen molar-refractivity contribution in [1.29, 1.82) is 0 Å². The van der Waals surface area contributed by atoms with E-state index in [0.717, 1.165) is 12.1 Å². The first kappa shape index (κ1) is 18.7. The molecule has 0 spiro atoms. The summed E-state index contributed by atoms with van der Waals surface area (Å²) in [6, 6.07) is 9.28. The van der Waals surface area contributed by atoms with E-state index in [1.54, 1.807) is 6.07 Å². The molecule has 2 nitrogen and oxygen atoms in total. The third-order valence-corrected chi connectivity index (χ3v) is 4.04. The SMILES string of the molecule is Fc1ccc(NC(=S)NCCc2cccc(C(F)(F)F)c2)c(Br)c1. The summed E-state index contributed by atoms with van der Waals surface area (Å²) in [5.74, 6) is -0.379. The monoisotopic (exact) mass is 420 g/mol. The molecule has 0 aliphatic heterocycles. The van der Waals surface area contributed by atoms with Gasteiger partial charge in [-0.15, -0.1) is 0 Å². The van der Waals surface area contributed by atoms with Crippen molar-refractivity contribution in [2.24, 2.45) is 0 Å². The zero-order valence-corrected chi connectivity index (χ0v) is 14.7. The summed E-state index contributed by atoms with van der Waals surface area (Å²) < 4.78 is 51.5. The third-order valence-electron chi connectivity index (χ3n) is 3.13. The van der Waals surface area contributed by atoms with Crippen LogP contribution in [0.2, 0.25) is 0 Å². The predicted octanol–water partition coefficient (Wildman–Crippen LogP) is 5.14. The van der Waals surface area contributed by atoms with Gasteiger partial charge in [-0.2, -0.15) is 13.2 Å². The number of hydrogen-bond acceptors (Lipinski definition) is 1. The average molecular weight is 421 g/mol. The number of alkyl halides is 3. The second-order valence-corrected chi connectivity index (χ2v) is 6.22. The van der Waals surface area contributed by atoms with Gasteiger partial charge < -0.3 is 10.6 Å². The number of benzene rings is 2. The fourth-order valence-electron chi connectivity index (χ4n) is 1.98. The highest BCUT2D eigenvalue weighted by Crippen LogP contribution is 2.29. The summed E-state index contributed by atoms with van der Waals surface area (Å²) >= 11 is 8.32. The van der Waals surface area contributed by atoms with Gasteiger partial charge in [-0.05, 0) is 64.4 Å². The van der Waals surface area contributed by atoms with Crippen LogP contribution in [-0.4, -0.2) is 11.7 Å². The fraction of sp³-hybridized carbons (Fsp3) is 0.188. The first-order valence-electron chi connectivity index (χ1n) is 6.92. The Bertz CT molecular complexity index is 734. The van der Waals surface area contributed by atoms with Crippen LogP contribution in [0.5, 0.6) is 0 Å². The number of rotatable bonds is 4. The molecule has 0 aliphatic rings. The van der Waals surface area contributed by atoms with Crippen LogP contribution in [0.1, 0.15) is 11.1 Å². The molecule has 0 heterocycles. The lowest BCUT2D eigenvalue weighted by molar-refractivity contribution is -0.137. The Morgan fingerprint density at radius 2 is 1.88 bits per heavy atom. The zero-order valence-electron chi connectivity index (χ0n) is 12.3. The molecule has 0 aliphatic carbocycles. The Balaban J connectivity index is 1.87. The molecule has 8 heteroatoms. The Kier molecular flexibility index (Phi) is 6.17. The first-order chi connectivity index (χ1) is 11.3. The quantitative estimate of drug-likeness (QED) is 0.529. The standard InChI is InChI=1S/C16H13BrF4N2S/c17-13-9-12(18)4-5-14(13)23-15(24)22-7-6-10-2-1-3-11(8-10)16(19,20)21/h1-5,8-9H,6-7H2,(H2,22,23,24). The number of anilines is 1. The lowest BCUT2D eigenvalue weighted by Crippen LogP contribution is -2.30. The molecule has 2 rings (SSSR count). The van der Waals surface area contributed by atoms with Crippen LogP contribution in [0.4, 0.5) is 23.2 Å². The summed E-state index contributed by atoms with van der Waals surface area (Å²) in [5, 5.41) is 6.09. The zero-order chi connectivity index (χ0) is 17.7. The molecule has 2 N–H and O–H groups in total. The van der Waals surface area contributed by atoms with E-state index in [1.165, 1.54) is 24.3 Å². The molecule has 0 aromatic heterocycles. The van der Waals surface area contributed by atoms with E-state index in [2.05, 4.69) is 26.6 Å². The second kappa shape index (κ2) is 7.94. The maximum absolute atomic E-state index is 13.0. The maximum Gasteiger partial charge on any atom is 0.416 e. The molecule has 0 unspecified atom stereocenters. The minimum Gasteiger partial charge on any atom is -0.362 e. The molecule has 2 aromatic rings. The van der Waals surface area contributed by atoms with Crippen LogP contribution in [0.15, 0.2) is 46.9 Å². The summed E-state index contributed by atoms with van der Waals surface area (Å²) in [6.45, 7) is 0.367. The lowest BCUT2D eigenvalue weighted by atomic mass is 10.1. The van der Waals surface area contributed by atoms with Crippen LogP contribution < -0.4 is 10.6 Å². The highest BCUT2D eigenvalue weighted by atomic mass is 79.9. The maximum atomic E-state index is 13.0. The molecule has 0 saturated carbocycles. The van der Waals surface area contributed by atoms with Crippen molar-refractivity contribution in [3.05, 3.63) is 63.9 Å². The minimum absolute atomic E-state index is 0.300. The highest BCUT2D eigenvalue weighted by Gasteiger charge is 2.30. The molecule has 2 aromatic carbocycles. The number of thiocarbonyl (C=S) groups is 1. The van der Waals surface area contributed by atoms with Crippen molar-refractivity contribution >= 4 is 38.9 Å². The average Bonchev–Trinajstić information content (AvgIpc) is 2.50. The summed E-state index contributed by atoms with van der Waals surface area (Å²) in [7, 11) is 0. The van der Waals surface area contributed by atoms with Gasteiger partial charge in [0.05, 0.1) is 11.3 Å². The molecule has 0 bridgehead atoms. The van der Waals surface area contributed by atoms with E-state index in [9.17, 15) is 17.6 Å². The molecule has 0 fully saturated rings. The predicted molar refractivity (Wildman–Crippen MR) is 93.5 cm³/mol. The third kappa shape index (κ3) is 5.45. The van der Waals surface area contributed by atoms with Crippen LogP contribution >= 0.6 is 28.1 Å². The number of halogens is 5. The van der Waals surface area contributed by atoms with Crippen LogP contribution in [0.25, 0.3) is 0 Å². The van der Waals surface area contributed by atoms with E-state index in [0.29, 0.717) is 33.8 Å². The van der Waals surface area contributed by atoms with Gasteiger partial charge in [0.2, 0.25) is 0 Å². The van der Waals surface area contributed by atoms with E-state index < -0.39 is 11.7 Å². The molecular weight excluding hydrogens is 408 g/mol. The fourth-order valence-corrected chi connectivity index (χ4v) is 2.64. The smallest absolute Gasteiger partial charge is 0.362 e. The van der Waals surface area contributed by atoms with Crippen LogP contribution in [-0.2, 0) is 12.6 Å². The van der Waals surface area contributed by atoms with E-state index >= 15 is 0 Å². The van der Waals surface area contributed by atoms with Crippen molar-refractivity contribution in [1.82, 2.24) is 5.32 Å². The van der Waals surface area contributed by atoms with Crippen molar-refractivity contribution < 1.29 is 17.6 Å². The van der Waals surface area contributed by atoms with Crippen molar-refractivity contribution in [3.8, 4) is 0 Å². The second-order valence-electron chi connectivity index (χ2n) is 4.95. The Morgan fingerprint density at radius 3 is 2.54 bits per heavy atom. The molecule has 0 radical (unpaired) electrons. The van der Waals surface area contributed by atoms with E-state index in [-0.39, 0.29) is 5.82 Å². The first-order valence-corrected chi connectivity index (χ1v) is 8.12. The number of hydrogen-bond donors (Lipinski definition) is 2. The molecule has 128 valence electrons. The van der Waals surface area contributed by atoms with Gasteiger partial charge in [0.25, 0.3) is 0 Å². The molecule has 0 saturated heterocycles. The lowest BCUT2D eigenvalue weighted by Gasteiger charge is -2.12. The van der Waals surface area contributed by atoms with Gasteiger partial charge in [-0.3, -0.25) is 0 Å². The van der Waals surface area contributed by atoms with Gasteiger partial charge >= 0.3 is 6.18 Å². The van der Waals surface area contributed by atoms with E-state index in [4.69, 9.17) is 12.2 Å².